The molecule has 2 aromatic carbocycles. The van der Waals surface area contributed by atoms with Crippen molar-refractivity contribution in [1.82, 2.24) is 15.2 Å². The van der Waals surface area contributed by atoms with Gasteiger partial charge in [0.05, 0.1) is 5.56 Å². The zero-order valence-corrected chi connectivity index (χ0v) is 18.3. The van der Waals surface area contributed by atoms with Crippen LogP contribution in [-0.2, 0) is 0 Å². The first-order valence-electron chi connectivity index (χ1n) is 9.63. The molecule has 0 aliphatic carbocycles. The predicted molar refractivity (Wildman–Crippen MR) is 122 cm³/mol. The SMILES string of the molecule is C[C@H](CN(C)C)NC(=O)c1ccc(Nc2nc(N)c(C(=O)c3ccccc3F)s2)cc1. The lowest BCUT2D eigenvalue weighted by Gasteiger charge is -2.18. The van der Waals surface area contributed by atoms with Gasteiger partial charge in [0.1, 0.15) is 16.5 Å². The summed E-state index contributed by atoms with van der Waals surface area (Å²) in [6, 6.07) is 12.6. The Labute approximate surface area is 184 Å². The van der Waals surface area contributed by atoms with Crippen molar-refractivity contribution in [3.05, 3.63) is 70.4 Å². The molecule has 0 unspecified atom stereocenters. The maximum absolute atomic E-state index is 13.9. The van der Waals surface area contributed by atoms with E-state index in [1.54, 1.807) is 30.3 Å². The molecule has 0 bridgehead atoms. The van der Waals surface area contributed by atoms with Crippen LogP contribution in [-0.4, -0.2) is 48.3 Å². The fourth-order valence-electron chi connectivity index (χ4n) is 3.04. The average molecular weight is 442 g/mol. The van der Waals surface area contributed by atoms with Crippen LogP contribution >= 0.6 is 11.3 Å². The minimum absolute atomic E-state index is 0.0176. The number of anilines is 3. The number of nitrogens with two attached hydrogens (primary N) is 1. The number of benzene rings is 2. The van der Waals surface area contributed by atoms with Crippen LogP contribution in [0, 0.1) is 5.82 Å². The van der Waals surface area contributed by atoms with Crippen LogP contribution in [0.5, 0.6) is 0 Å². The molecule has 3 aromatic rings. The number of ketones is 1. The molecule has 31 heavy (non-hydrogen) atoms. The molecule has 162 valence electrons. The Bertz CT molecular complexity index is 1080. The molecule has 1 atom stereocenters. The molecule has 0 aliphatic rings. The van der Waals surface area contributed by atoms with Crippen molar-refractivity contribution < 1.29 is 14.0 Å². The maximum atomic E-state index is 13.9. The number of aromatic nitrogens is 1. The topological polar surface area (TPSA) is 100 Å². The number of hydrogen-bond donors (Lipinski definition) is 3. The summed E-state index contributed by atoms with van der Waals surface area (Å²) in [6.45, 7) is 2.69. The molecule has 1 heterocycles. The van der Waals surface area contributed by atoms with Crippen molar-refractivity contribution in [3.63, 3.8) is 0 Å². The normalized spacial score (nSPS) is 11.9. The van der Waals surface area contributed by atoms with Crippen LogP contribution in [0.3, 0.4) is 0 Å². The number of amides is 1. The van der Waals surface area contributed by atoms with Gasteiger partial charge in [0.15, 0.2) is 5.13 Å². The van der Waals surface area contributed by atoms with E-state index in [1.807, 2.05) is 25.9 Å². The summed E-state index contributed by atoms with van der Waals surface area (Å²) in [6.07, 6.45) is 0. The quantitative estimate of drug-likeness (QED) is 0.463. The second-order valence-electron chi connectivity index (χ2n) is 7.38. The molecule has 0 radical (unpaired) electrons. The van der Waals surface area contributed by atoms with Gasteiger partial charge in [-0.1, -0.05) is 23.5 Å². The average Bonchev–Trinajstić information content (AvgIpc) is 3.07. The predicted octanol–water partition coefficient (Wildman–Crippen LogP) is 3.52. The Balaban J connectivity index is 1.68. The maximum Gasteiger partial charge on any atom is 0.251 e. The van der Waals surface area contributed by atoms with Gasteiger partial charge in [0.2, 0.25) is 5.78 Å². The van der Waals surface area contributed by atoms with Gasteiger partial charge in [-0.2, -0.15) is 0 Å². The highest BCUT2D eigenvalue weighted by molar-refractivity contribution is 7.18. The van der Waals surface area contributed by atoms with Gasteiger partial charge in [-0.05, 0) is 57.4 Å². The standard InChI is InChI=1S/C22H24FN5O2S/c1-13(12-28(2)3)25-21(30)14-8-10-15(11-9-14)26-22-27-20(24)19(31-22)18(29)16-6-4-5-7-17(16)23/h4-11,13H,12,24H2,1-3H3,(H,25,30)(H,26,27)/t13-/m1/s1. The molecule has 7 nitrogen and oxygen atoms in total. The van der Waals surface area contributed by atoms with E-state index in [0.717, 1.165) is 17.9 Å². The van der Waals surface area contributed by atoms with E-state index in [1.165, 1.54) is 18.2 Å². The molecule has 0 spiro atoms. The fraction of sp³-hybridized carbons (Fsp3) is 0.227. The number of nitrogens with zero attached hydrogens (tertiary/aromatic N) is 2. The molecular formula is C22H24FN5O2S. The van der Waals surface area contributed by atoms with E-state index in [4.69, 9.17) is 5.73 Å². The molecule has 0 fully saturated rings. The molecule has 3 rings (SSSR count). The summed E-state index contributed by atoms with van der Waals surface area (Å²) in [4.78, 5) is 31.3. The number of thiazole rings is 1. The second-order valence-corrected chi connectivity index (χ2v) is 8.38. The first-order chi connectivity index (χ1) is 14.7. The first-order valence-corrected chi connectivity index (χ1v) is 10.4. The van der Waals surface area contributed by atoms with Crippen molar-refractivity contribution in [2.24, 2.45) is 0 Å². The van der Waals surface area contributed by atoms with Crippen LogP contribution in [0.4, 0.5) is 21.0 Å². The number of carbonyl (C=O) groups is 2. The number of likely N-dealkylation sites (N-methyl/N-ethyl adjacent to an activating group) is 1. The van der Waals surface area contributed by atoms with Gasteiger partial charge in [-0.3, -0.25) is 9.59 Å². The molecule has 9 heteroatoms. The lowest BCUT2D eigenvalue weighted by atomic mass is 10.1. The van der Waals surface area contributed by atoms with Gasteiger partial charge in [0, 0.05) is 23.8 Å². The zero-order chi connectivity index (χ0) is 22.5. The lowest BCUT2D eigenvalue weighted by Crippen LogP contribution is -2.39. The van der Waals surface area contributed by atoms with Gasteiger partial charge in [-0.15, -0.1) is 0 Å². The molecule has 0 saturated carbocycles. The Morgan fingerprint density at radius 3 is 2.48 bits per heavy atom. The monoisotopic (exact) mass is 441 g/mol. The Morgan fingerprint density at radius 2 is 1.84 bits per heavy atom. The van der Waals surface area contributed by atoms with Crippen molar-refractivity contribution in [3.8, 4) is 0 Å². The lowest BCUT2D eigenvalue weighted by molar-refractivity contribution is 0.0933. The van der Waals surface area contributed by atoms with Gasteiger partial charge >= 0.3 is 0 Å². The third-order valence-electron chi connectivity index (χ3n) is 4.39. The number of nitrogen functional groups attached to an aromatic ring is 1. The van der Waals surface area contributed by atoms with Crippen LogP contribution in [0.2, 0.25) is 0 Å². The number of halogens is 1. The Hall–Kier alpha value is -3.30. The Kier molecular flexibility index (Phi) is 6.98. The van der Waals surface area contributed by atoms with Crippen LogP contribution in [0.15, 0.2) is 48.5 Å². The van der Waals surface area contributed by atoms with Crippen molar-refractivity contribution in [2.45, 2.75) is 13.0 Å². The molecule has 1 amide bonds. The number of carbonyl (C=O) groups excluding carboxylic acids is 2. The van der Waals surface area contributed by atoms with Crippen LogP contribution in [0.1, 0.15) is 32.5 Å². The van der Waals surface area contributed by atoms with E-state index in [9.17, 15) is 14.0 Å². The minimum Gasteiger partial charge on any atom is -0.382 e. The number of rotatable bonds is 8. The minimum atomic E-state index is -0.608. The molecular weight excluding hydrogens is 417 g/mol. The van der Waals surface area contributed by atoms with Gasteiger partial charge < -0.3 is 21.3 Å². The first kappa shape index (κ1) is 22.4. The summed E-state index contributed by atoms with van der Waals surface area (Å²) < 4.78 is 13.9. The van der Waals surface area contributed by atoms with Crippen molar-refractivity contribution in [1.29, 1.82) is 0 Å². The van der Waals surface area contributed by atoms with Crippen molar-refractivity contribution in [2.75, 3.05) is 31.7 Å². The third-order valence-corrected chi connectivity index (χ3v) is 5.38. The molecule has 4 N–H and O–H groups in total. The number of nitrogens with one attached hydrogen (secondary N) is 2. The van der Waals surface area contributed by atoms with E-state index in [2.05, 4.69) is 15.6 Å². The molecule has 0 aliphatic heterocycles. The van der Waals surface area contributed by atoms with E-state index < -0.39 is 11.6 Å². The largest absolute Gasteiger partial charge is 0.382 e. The highest BCUT2D eigenvalue weighted by Crippen LogP contribution is 2.30. The van der Waals surface area contributed by atoms with E-state index >= 15 is 0 Å². The van der Waals surface area contributed by atoms with Gasteiger partial charge in [0.25, 0.3) is 5.91 Å². The summed E-state index contributed by atoms with van der Waals surface area (Å²) in [5.74, 6) is -1.24. The summed E-state index contributed by atoms with van der Waals surface area (Å²) in [7, 11) is 3.90. The van der Waals surface area contributed by atoms with E-state index in [-0.39, 0.29) is 28.2 Å². The van der Waals surface area contributed by atoms with Gasteiger partial charge in [-0.25, -0.2) is 9.37 Å². The molecule has 1 aromatic heterocycles. The summed E-state index contributed by atoms with van der Waals surface area (Å²) >= 11 is 1.04. The second kappa shape index (κ2) is 9.67. The highest BCUT2D eigenvalue weighted by atomic mass is 32.1. The fourth-order valence-corrected chi connectivity index (χ4v) is 3.90. The zero-order valence-electron chi connectivity index (χ0n) is 17.5. The number of hydrogen-bond acceptors (Lipinski definition) is 7. The van der Waals surface area contributed by atoms with Crippen LogP contribution < -0.4 is 16.4 Å². The smallest absolute Gasteiger partial charge is 0.251 e. The highest BCUT2D eigenvalue weighted by Gasteiger charge is 2.20. The van der Waals surface area contributed by atoms with Crippen molar-refractivity contribution >= 4 is 39.7 Å². The van der Waals surface area contributed by atoms with E-state index in [0.29, 0.717) is 16.4 Å². The summed E-state index contributed by atoms with van der Waals surface area (Å²) in [5.41, 5.74) is 7.04. The third kappa shape index (κ3) is 5.65. The summed E-state index contributed by atoms with van der Waals surface area (Å²) in [5, 5.41) is 6.40. The van der Waals surface area contributed by atoms with Crippen LogP contribution in [0.25, 0.3) is 0 Å². The molecule has 0 saturated heterocycles. The Morgan fingerprint density at radius 1 is 1.16 bits per heavy atom.